The van der Waals surface area contributed by atoms with E-state index in [1.807, 2.05) is 13.8 Å². The number of aryl methyl sites for hydroxylation is 2. The molecule has 1 aromatic carbocycles. The van der Waals surface area contributed by atoms with Crippen LogP contribution >= 0.6 is 0 Å². The SMILES string of the molecule is Cc1cc(C(C(=O)O)C(=O)O)cc(C)c1C(C)(C)C.[CaH2]. The predicted octanol–water partition coefficient (Wildman–Crippen LogP) is 1.94. The molecule has 0 aliphatic rings. The summed E-state index contributed by atoms with van der Waals surface area (Å²) >= 11 is 0. The van der Waals surface area contributed by atoms with Crippen molar-refractivity contribution in [2.75, 3.05) is 0 Å². The Bertz CT molecular complexity index is 492. The molecule has 0 saturated heterocycles. The third kappa shape index (κ3) is 4.21. The fourth-order valence-corrected chi connectivity index (χ4v) is 2.74. The molecule has 0 saturated carbocycles. The van der Waals surface area contributed by atoms with Gasteiger partial charge in [-0.3, -0.25) is 9.59 Å². The van der Waals surface area contributed by atoms with Crippen LogP contribution in [0.15, 0.2) is 12.1 Å². The molecule has 20 heavy (non-hydrogen) atoms. The summed E-state index contributed by atoms with van der Waals surface area (Å²) < 4.78 is 0. The van der Waals surface area contributed by atoms with Gasteiger partial charge in [-0.25, -0.2) is 0 Å². The van der Waals surface area contributed by atoms with Gasteiger partial charge in [0.05, 0.1) is 0 Å². The number of aliphatic carboxylic acids is 2. The van der Waals surface area contributed by atoms with Crippen LogP contribution in [-0.2, 0) is 15.0 Å². The maximum absolute atomic E-state index is 11.1. The van der Waals surface area contributed by atoms with Crippen LogP contribution in [0, 0.1) is 13.8 Å². The first-order valence-electron chi connectivity index (χ1n) is 6.13. The van der Waals surface area contributed by atoms with Crippen molar-refractivity contribution in [2.24, 2.45) is 0 Å². The molecule has 0 aromatic heterocycles. The van der Waals surface area contributed by atoms with E-state index >= 15 is 0 Å². The van der Waals surface area contributed by atoms with Gasteiger partial charge in [0.15, 0.2) is 5.92 Å². The zero-order chi connectivity index (χ0) is 15.0. The molecule has 0 heterocycles. The Morgan fingerprint density at radius 1 is 1.00 bits per heavy atom. The number of rotatable bonds is 3. The average Bonchev–Trinajstić information content (AvgIpc) is 2.11. The van der Waals surface area contributed by atoms with E-state index < -0.39 is 17.9 Å². The van der Waals surface area contributed by atoms with Crippen molar-refractivity contribution in [2.45, 2.75) is 46.0 Å². The zero-order valence-electron chi connectivity index (χ0n) is 11.9. The van der Waals surface area contributed by atoms with Crippen molar-refractivity contribution in [3.8, 4) is 0 Å². The van der Waals surface area contributed by atoms with E-state index in [0.29, 0.717) is 5.56 Å². The minimum absolute atomic E-state index is 0. The van der Waals surface area contributed by atoms with Crippen LogP contribution in [0.1, 0.15) is 48.9 Å². The summed E-state index contributed by atoms with van der Waals surface area (Å²) in [5.41, 5.74) is 3.24. The van der Waals surface area contributed by atoms with Gasteiger partial charge in [-0.05, 0) is 41.5 Å². The normalized spacial score (nSPS) is 11.1. The first kappa shape index (κ1) is 19.4. The molecule has 4 nitrogen and oxygen atoms in total. The van der Waals surface area contributed by atoms with Gasteiger partial charge in [-0.2, -0.15) is 0 Å². The van der Waals surface area contributed by atoms with Crippen molar-refractivity contribution in [3.63, 3.8) is 0 Å². The zero-order valence-corrected chi connectivity index (χ0v) is 11.9. The van der Waals surface area contributed by atoms with Crippen molar-refractivity contribution in [1.82, 2.24) is 0 Å². The summed E-state index contributed by atoms with van der Waals surface area (Å²) in [5.74, 6) is -4.18. The third-order valence-corrected chi connectivity index (χ3v) is 3.13. The van der Waals surface area contributed by atoms with Crippen molar-refractivity contribution in [3.05, 3.63) is 34.4 Å². The topological polar surface area (TPSA) is 74.6 Å². The van der Waals surface area contributed by atoms with Crippen LogP contribution in [0.4, 0.5) is 0 Å². The second-order valence-corrected chi connectivity index (χ2v) is 5.89. The van der Waals surface area contributed by atoms with Crippen LogP contribution in [0.25, 0.3) is 0 Å². The van der Waals surface area contributed by atoms with Crippen LogP contribution in [-0.4, -0.2) is 59.9 Å². The van der Waals surface area contributed by atoms with Crippen LogP contribution < -0.4 is 0 Å². The summed E-state index contributed by atoms with van der Waals surface area (Å²) in [6, 6.07) is 3.33. The molecule has 0 atom stereocenters. The van der Waals surface area contributed by atoms with E-state index in [1.165, 1.54) is 0 Å². The van der Waals surface area contributed by atoms with E-state index in [0.717, 1.165) is 16.7 Å². The Morgan fingerprint density at radius 3 is 1.60 bits per heavy atom. The van der Waals surface area contributed by atoms with Gasteiger partial charge in [0.2, 0.25) is 0 Å². The molecule has 0 bridgehead atoms. The molecule has 5 heteroatoms. The summed E-state index contributed by atoms with van der Waals surface area (Å²) in [5, 5.41) is 18.1. The monoisotopic (exact) mass is 306 g/mol. The Morgan fingerprint density at radius 2 is 1.35 bits per heavy atom. The maximum atomic E-state index is 11.1. The molecule has 0 amide bonds. The molecular formula is C15H22CaO4. The van der Waals surface area contributed by atoms with Gasteiger partial charge in [0.1, 0.15) is 0 Å². The van der Waals surface area contributed by atoms with Gasteiger partial charge in [-0.1, -0.05) is 32.9 Å². The number of hydrogen-bond acceptors (Lipinski definition) is 2. The Kier molecular flexibility index (Phi) is 6.72. The van der Waals surface area contributed by atoms with E-state index in [2.05, 4.69) is 20.8 Å². The van der Waals surface area contributed by atoms with Crippen LogP contribution in [0.5, 0.6) is 0 Å². The summed E-state index contributed by atoms with van der Waals surface area (Å²) in [7, 11) is 0. The van der Waals surface area contributed by atoms with E-state index in [4.69, 9.17) is 10.2 Å². The van der Waals surface area contributed by atoms with Gasteiger partial charge < -0.3 is 10.2 Å². The summed E-state index contributed by atoms with van der Waals surface area (Å²) in [4.78, 5) is 22.1. The number of benzene rings is 1. The van der Waals surface area contributed by atoms with Crippen LogP contribution in [0.2, 0.25) is 0 Å². The third-order valence-electron chi connectivity index (χ3n) is 3.13. The number of carbonyl (C=O) groups is 2. The molecule has 108 valence electrons. The number of carboxylic acid groups (broad SMARTS) is 2. The van der Waals surface area contributed by atoms with Crippen molar-refractivity contribution in [1.29, 1.82) is 0 Å². The Hall–Kier alpha value is -0.580. The van der Waals surface area contributed by atoms with E-state index in [1.54, 1.807) is 12.1 Å². The van der Waals surface area contributed by atoms with E-state index in [-0.39, 0.29) is 43.2 Å². The Balaban J connectivity index is 0.00000361. The first-order chi connectivity index (χ1) is 8.55. The standard InChI is InChI=1S/C15H20O4.Ca.2H/c1-8-6-10(11(13(16)17)14(18)19)7-9(2)12(8)15(3,4)5;;;/h6-7,11H,1-5H3,(H,16,17)(H,18,19);;;. The second-order valence-electron chi connectivity index (χ2n) is 5.89. The first-order valence-corrected chi connectivity index (χ1v) is 6.13. The second kappa shape index (κ2) is 6.92. The fraction of sp³-hybridized carbons (Fsp3) is 0.467. The van der Waals surface area contributed by atoms with Gasteiger partial charge >= 0.3 is 49.7 Å². The number of carboxylic acids is 2. The number of hydrogen-bond donors (Lipinski definition) is 2. The molecule has 1 aromatic rings. The molecule has 0 aliphatic carbocycles. The molecule has 2 N–H and O–H groups in total. The van der Waals surface area contributed by atoms with Crippen LogP contribution in [0.3, 0.4) is 0 Å². The van der Waals surface area contributed by atoms with Gasteiger partial charge in [0, 0.05) is 0 Å². The molecule has 1 rings (SSSR count). The molecular weight excluding hydrogens is 284 g/mol. The fourth-order valence-electron chi connectivity index (χ4n) is 2.74. The quantitative estimate of drug-likeness (QED) is 0.661. The summed E-state index contributed by atoms with van der Waals surface area (Å²) in [6.07, 6.45) is 0. The molecule has 0 unspecified atom stereocenters. The molecule has 0 spiro atoms. The van der Waals surface area contributed by atoms with Crippen molar-refractivity contribution < 1.29 is 19.8 Å². The van der Waals surface area contributed by atoms with Crippen molar-refractivity contribution >= 4 is 49.7 Å². The van der Waals surface area contributed by atoms with Gasteiger partial charge in [-0.15, -0.1) is 0 Å². The average molecular weight is 306 g/mol. The van der Waals surface area contributed by atoms with E-state index in [9.17, 15) is 9.59 Å². The molecule has 0 radical (unpaired) electrons. The molecule has 0 fully saturated rings. The Labute approximate surface area is 149 Å². The van der Waals surface area contributed by atoms with Gasteiger partial charge in [0.25, 0.3) is 0 Å². The minimum atomic E-state index is -1.51. The summed E-state index contributed by atoms with van der Waals surface area (Å²) in [6.45, 7) is 10.0. The molecule has 0 aliphatic heterocycles. The predicted molar refractivity (Wildman–Crippen MR) is 81.2 cm³/mol.